The monoisotopic (exact) mass is 280 g/mol. The molecular weight excluding hydrogens is 264 g/mol. The molecule has 21 heavy (non-hydrogen) atoms. The fourth-order valence-corrected chi connectivity index (χ4v) is 2.04. The SMILES string of the molecule is Cc1cc(C)cc(OCC(=O)Nc2ccccc2C#N)c1. The van der Waals surface area contributed by atoms with Crippen molar-refractivity contribution in [2.24, 2.45) is 0 Å². The second-order valence-corrected chi connectivity index (χ2v) is 4.82. The van der Waals surface area contributed by atoms with Crippen molar-refractivity contribution in [3.63, 3.8) is 0 Å². The lowest BCUT2D eigenvalue weighted by Crippen LogP contribution is -2.20. The van der Waals surface area contributed by atoms with Crippen molar-refractivity contribution in [2.75, 3.05) is 11.9 Å². The molecule has 0 aliphatic carbocycles. The van der Waals surface area contributed by atoms with E-state index in [4.69, 9.17) is 10.00 Å². The smallest absolute Gasteiger partial charge is 0.262 e. The predicted molar refractivity (Wildman–Crippen MR) is 81.2 cm³/mol. The van der Waals surface area contributed by atoms with Gasteiger partial charge in [0, 0.05) is 0 Å². The molecule has 4 nitrogen and oxygen atoms in total. The zero-order chi connectivity index (χ0) is 15.2. The van der Waals surface area contributed by atoms with Crippen molar-refractivity contribution in [1.29, 1.82) is 5.26 Å². The number of nitriles is 1. The van der Waals surface area contributed by atoms with E-state index in [2.05, 4.69) is 5.32 Å². The van der Waals surface area contributed by atoms with Gasteiger partial charge < -0.3 is 10.1 Å². The molecule has 0 heterocycles. The molecule has 0 saturated carbocycles. The quantitative estimate of drug-likeness (QED) is 0.935. The van der Waals surface area contributed by atoms with Crippen molar-refractivity contribution in [3.05, 3.63) is 59.2 Å². The first-order valence-electron chi connectivity index (χ1n) is 6.58. The summed E-state index contributed by atoms with van der Waals surface area (Å²) in [4.78, 5) is 11.9. The Morgan fingerprint density at radius 1 is 1.19 bits per heavy atom. The Morgan fingerprint density at radius 2 is 1.86 bits per heavy atom. The molecular formula is C17H16N2O2. The molecule has 0 unspecified atom stereocenters. The minimum Gasteiger partial charge on any atom is -0.484 e. The van der Waals surface area contributed by atoms with Crippen LogP contribution in [0, 0.1) is 25.2 Å². The van der Waals surface area contributed by atoms with E-state index in [0.717, 1.165) is 11.1 Å². The maximum absolute atomic E-state index is 11.9. The van der Waals surface area contributed by atoms with Crippen molar-refractivity contribution in [3.8, 4) is 11.8 Å². The van der Waals surface area contributed by atoms with Gasteiger partial charge in [0.05, 0.1) is 11.3 Å². The largest absolute Gasteiger partial charge is 0.484 e. The zero-order valence-electron chi connectivity index (χ0n) is 12.0. The minimum atomic E-state index is -0.295. The predicted octanol–water partition coefficient (Wildman–Crippen LogP) is 3.19. The first-order chi connectivity index (χ1) is 10.1. The van der Waals surface area contributed by atoms with Gasteiger partial charge in [0.25, 0.3) is 5.91 Å². The number of carbonyl (C=O) groups excluding carboxylic acids is 1. The summed E-state index contributed by atoms with van der Waals surface area (Å²) in [5.41, 5.74) is 3.09. The first kappa shape index (κ1) is 14.6. The van der Waals surface area contributed by atoms with Crippen LogP contribution >= 0.6 is 0 Å². The molecule has 0 saturated heterocycles. The first-order valence-corrected chi connectivity index (χ1v) is 6.58. The van der Waals surface area contributed by atoms with E-state index < -0.39 is 0 Å². The van der Waals surface area contributed by atoms with Crippen LogP contribution in [0.25, 0.3) is 0 Å². The molecule has 0 radical (unpaired) electrons. The van der Waals surface area contributed by atoms with E-state index in [9.17, 15) is 4.79 Å². The van der Waals surface area contributed by atoms with Gasteiger partial charge in [-0.3, -0.25) is 4.79 Å². The van der Waals surface area contributed by atoms with Crippen LogP contribution < -0.4 is 10.1 Å². The number of para-hydroxylation sites is 1. The molecule has 106 valence electrons. The Hall–Kier alpha value is -2.80. The maximum atomic E-state index is 11.9. The Kier molecular flexibility index (Phi) is 4.57. The molecule has 0 atom stereocenters. The van der Waals surface area contributed by atoms with Gasteiger partial charge in [-0.1, -0.05) is 18.2 Å². The second kappa shape index (κ2) is 6.58. The Bertz CT molecular complexity index is 682. The molecule has 1 N–H and O–H groups in total. The normalized spacial score (nSPS) is 9.76. The maximum Gasteiger partial charge on any atom is 0.262 e. The van der Waals surface area contributed by atoms with E-state index in [0.29, 0.717) is 17.0 Å². The highest BCUT2D eigenvalue weighted by atomic mass is 16.5. The molecule has 1 amide bonds. The number of nitrogens with zero attached hydrogens (tertiary/aromatic N) is 1. The molecule has 0 aliphatic rings. The average molecular weight is 280 g/mol. The lowest BCUT2D eigenvalue weighted by molar-refractivity contribution is -0.118. The summed E-state index contributed by atoms with van der Waals surface area (Å²) in [6.07, 6.45) is 0. The standard InChI is InChI=1S/C17H16N2O2/c1-12-7-13(2)9-15(8-12)21-11-17(20)19-16-6-4-3-5-14(16)10-18/h3-9H,11H2,1-2H3,(H,19,20). The van der Waals surface area contributed by atoms with Gasteiger partial charge in [-0.2, -0.15) is 5.26 Å². The van der Waals surface area contributed by atoms with E-state index in [-0.39, 0.29) is 12.5 Å². The highest BCUT2D eigenvalue weighted by molar-refractivity contribution is 5.93. The van der Waals surface area contributed by atoms with Gasteiger partial charge in [-0.05, 0) is 49.2 Å². The van der Waals surface area contributed by atoms with E-state index in [1.54, 1.807) is 24.3 Å². The number of benzene rings is 2. The van der Waals surface area contributed by atoms with Crippen LogP contribution in [-0.4, -0.2) is 12.5 Å². The van der Waals surface area contributed by atoms with Crippen molar-refractivity contribution in [2.45, 2.75) is 13.8 Å². The molecule has 2 rings (SSSR count). The van der Waals surface area contributed by atoms with Gasteiger partial charge in [-0.15, -0.1) is 0 Å². The number of ether oxygens (including phenoxy) is 1. The summed E-state index contributed by atoms with van der Waals surface area (Å²) in [6.45, 7) is 3.86. The molecule has 0 aromatic heterocycles. The molecule has 4 heteroatoms. The molecule has 2 aromatic carbocycles. The number of hydrogen-bond acceptors (Lipinski definition) is 3. The summed E-state index contributed by atoms with van der Waals surface area (Å²) in [7, 11) is 0. The summed E-state index contributed by atoms with van der Waals surface area (Å²) in [6, 6.07) is 14.7. The summed E-state index contributed by atoms with van der Waals surface area (Å²) in [5.74, 6) is 0.369. The number of nitrogens with one attached hydrogen (secondary N) is 1. The molecule has 0 spiro atoms. The lowest BCUT2D eigenvalue weighted by atomic mass is 10.1. The van der Waals surface area contributed by atoms with Crippen LogP contribution in [0.3, 0.4) is 0 Å². The number of aryl methyl sites for hydroxylation is 2. The average Bonchev–Trinajstić information content (AvgIpc) is 2.45. The Morgan fingerprint density at radius 3 is 2.52 bits per heavy atom. The van der Waals surface area contributed by atoms with E-state index in [1.807, 2.05) is 38.1 Å². The fraction of sp³-hybridized carbons (Fsp3) is 0.176. The summed E-state index contributed by atoms with van der Waals surface area (Å²) >= 11 is 0. The van der Waals surface area contributed by atoms with Crippen LogP contribution in [-0.2, 0) is 4.79 Å². The van der Waals surface area contributed by atoms with Crippen LogP contribution in [0.4, 0.5) is 5.69 Å². The number of rotatable bonds is 4. The highest BCUT2D eigenvalue weighted by Crippen LogP contribution is 2.17. The van der Waals surface area contributed by atoms with E-state index in [1.165, 1.54) is 0 Å². The van der Waals surface area contributed by atoms with Crippen molar-refractivity contribution < 1.29 is 9.53 Å². The highest BCUT2D eigenvalue weighted by Gasteiger charge is 2.07. The van der Waals surface area contributed by atoms with Crippen LogP contribution in [0.2, 0.25) is 0 Å². The molecule has 0 bridgehead atoms. The van der Waals surface area contributed by atoms with Gasteiger partial charge in [-0.25, -0.2) is 0 Å². The van der Waals surface area contributed by atoms with Crippen LogP contribution in [0.5, 0.6) is 5.75 Å². The third kappa shape index (κ3) is 4.08. The lowest BCUT2D eigenvalue weighted by Gasteiger charge is -2.09. The minimum absolute atomic E-state index is 0.0946. The number of anilines is 1. The Balaban J connectivity index is 1.98. The van der Waals surface area contributed by atoms with E-state index >= 15 is 0 Å². The number of hydrogen-bond donors (Lipinski definition) is 1. The molecule has 0 fully saturated rings. The van der Waals surface area contributed by atoms with Gasteiger partial charge in [0.1, 0.15) is 11.8 Å². The van der Waals surface area contributed by atoms with Crippen LogP contribution in [0.1, 0.15) is 16.7 Å². The summed E-state index contributed by atoms with van der Waals surface area (Å²) < 4.78 is 5.48. The Labute approximate surface area is 124 Å². The second-order valence-electron chi connectivity index (χ2n) is 4.82. The van der Waals surface area contributed by atoms with Gasteiger partial charge >= 0.3 is 0 Å². The molecule has 0 aliphatic heterocycles. The van der Waals surface area contributed by atoms with Crippen LogP contribution in [0.15, 0.2) is 42.5 Å². The number of carbonyl (C=O) groups is 1. The number of amides is 1. The third-order valence-corrected chi connectivity index (χ3v) is 2.89. The zero-order valence-corrected chi connectivity index (χ0v) is 12.0. The molecule has 2 aromatic rings. The fourth-order valence-electron chi connectivity index (χ4n) is 2.04. The topological polar surface area (TPSA) is 62.1 Å². The third-order valence-electron chi connectivity index (χ3n) is 2.89. The van der Waals surface area contributed by atoms with Crippen molar-refractivity contribution in [1.82, 2.24) is 0 Å². The van der Waals surface area contributed by atoms with Gasteiger partial charge in [0.2, 0.25) is 0 Å². The van der Waals surface area contributed by atoms with Crippen molar-refractivity contribution >= 4 is 11.6 Å². The summed E-state index contributed by atoms with van der Waals surface area (Å²) in [5, 5.41) is 11.6. The van der Waals surface area contributed by atoms with Gasteiger partial charge in [0.15, 0.2) is 6.61 Å².